The molecule has 0 aliphatic heterocycles. The number of carbonyl (C=O) groups excluding carboxylic acids is 1. The van der Waals surface area contributed by atoms with Gasteiger partial charge >= 0.3 is 0 Å². The highest BCUT2D eigenvalue weighted by Crippen LogP contribution is 2.28. The average Bonchev–Trinajstić information content (AvgIpc) is 2.65. The number of ether oxygens (including phenoxy) is 1. The second-order valence-electron chi connectivity index (χ2n) is 6.48. The van der Waals surface area contributed by atoms with E-state index in [1.54, 1.807) is 18.2 Å². The maximum Gasteiger partial charge on any atom is 0.275 e. The first-order chi connectivity index (χ1) is 13.4. The lowest BCUT2D eigenvalue weighted by atomic mass is 10.1. The number of rotatable bonds is 5. The number of carbonyl (C=O) groups is 1. The maximum absolute atomic E-state index is 12.5. The second-order valence-corrected chi connectivity index (χ2v) is 6.92. The summed E-state index contributed by atoms with van der Waals surface area (Å²) in [4.78, 5) is 21.0. The largest absolute Gasteiger partial charge is 0.495 e. The smallest absolute Gasteiger partial charge is 0.275 e. The molecule has 0 aliphatic rings. The number of amides is 1. The van der Waals surface area contributed by atoms with Crippen molar-refractivity contribution in [2.24, 2.45) is 0 Å². The van der Waals surface area contributed by atoms with E-state index < -0.39 is 5.91 Å². The number of methoxy groups -OCH3 is 1. The van der Waals surface area contributed by atoms with Crippen molar-refractivity contribution in [3.8, 4) is 5.75 Å². The summed E-state index contributed by atoms with van der Waals surface area (Å²) in [6.45, 7) is 6.14. The van der Waals surface area contributed by atoms with Gasteiger partial charge in [-0.15, -0.1) is 0 Å². The molecule has 144 valence electrons. The molecular formula is C21H21ClN4O2. The number of hydrogen-bond donors (Lipinski definition) is 2. The zero-order valence-electron chi connectivity index (χ0n) is 16.1. The third kappa shape index (κ3) is 4.40. The Morgan fingerprint density at radius 2 is 1.75 bits per heavy atom. The van der Waals surface area contributed by atoms with Crippen LogP contribution in [0.25, 0.3) is 0 Å². The molecule has 3 rings (SSSR count). The monoisotopic (exact) mass is 396 g/mol. The van der Waals surface area contributed by atoms with E-state index in [1.807, 2.05) is 13.8 Å². The van der Waals surface area contributed by atoms with Crippen molar-refractivity contribution in [2.75, 3.05) is 17.7 Å². The topological polar surface area (TPSA) is 76.1 Å². The number of anilines is 3. The van der Waals surface area contributed by atoms with Gasteiger partial charge in [0.2, 0.25) is 0 Å². The van der Waals surface area contributed by atoms with E-state index in [-0.39, 0.29) is 5.69 Å². The fourth-order valence-electron chi connectivity index (χ4n) is 2.98. The molecule has 0 saturated heterocycles. The van der Waals surface area contributed by atoms with Gasteiger partial charge in [0.25, 0.3) is 5.91 Å². The normalized spacial score (nSPS) is 10.5. The summed E-state index contributed by atoms with van der Waals surface area (Å²) in [7, 11) is 1.52. The van der Waals surface area contributed by atoms with Gasteiger partial charge in [0.15, 0.2) is 0 Å². The quantitative estimate of drug-likeness (QED) is 0.630. The fraction of sp³-hybridized carbons (Fsp3) is 0.190. The molecule has 0 radical (unpaired) electrons. The molecule has 2 aromatic carbocycles. The van der Waals surface area contributed by atoms with Crippen LogP contribution >= 0.6 is 11.6 Å². The molecule has 28 heavy (non-hydrogen) atoms. The lowest BCUT2D eigenvalue weighted by Gasteiger charge is -2.13. The summed E-state index contributed by atoms with van der Waals surface area (Å²) in [6, 6.07) is 9.19. The molecule has 0 unspecified atom stereocenters. The fourth-order valence-corrected chi connectivity index (χ4v) is 3.15. The molecule has 3 aromatic rings. The van der Waals surface area contributed by atoms with Gasteiger partial charge in [0.05, 0.1) is 25.2 Å². The number of halogens is 1. The molecule has 1 amide bonds. The van der Waals surface area contributed by atoms with Crippen LogP contribution in [0.15, 0.2) is 42.7 Å². The highest BCUT2D eigenvalue weighted by atomic mass is 35.5. The molecule has 0 fully saturated rings. The van der Waals surface area contributed by atoms with Crippen molar-refractivity contribution in [2.45, 2.75) is 20.8 Å². The summed E-state index contributed by atoms with van der Waals surface area (Å²) >= 11 is 5.99. The standard InChI is InChI=1S/C21H21ClN4O2/c1-12-7-13(2)20(14(3)8-12)26-19-11-23-17(10-24-19)21(27)25-16-9-15(22)5-6-18(16)28-4/h5-11H,1-4H3,(H,24,26)(H,25,27). The van der Waals surface area contributed by atoms with Gasteiger partial charge in [-0.3, -0.25) is 4.79 Å². The summed E-state index contributed by atoms with van der Waals surface area (Å²) in [5.74, 6) is 0.670. The number of nitrogens with one attached hydrogen (secondary N) is 2. The van der Waals surface area contributed by atoms with Crippen molar-refractivity contribution in [3.63, 3.8) is 0 Å². The highest BCUT2D eigenvalue weighted by molar-refractivity contribution is 6.31. The zero-order chi connectivity index (χ0) is 20.3. The van der Waals surface area contributed by atoms with Crippen molar-refractivity contribution in [3.05, 3.63) is 70.1 Å². The van der Waals surface area contributed by atoms with Gasteiger partial charge in [-0.1, -0.05) is 29.3 Å². The Balaban J connectivity index is 1.76. The highest BCUT2D eigenvalue weighted by Gasteiger charge is 2.13. The minimum Gasteiger partial charge on any atom is -0.495 e. The molecule has 1 heterocycles. The molecule has 0 aliphatic carbocycles. The van der Waals surface area contributed by atoms with Gasteiger partial charge in [-0.05, 0) is 50.1 Å². The first-order valence-electron chi connectivity index (χ1n) is 8.69. The van der Waals surface area contributed by atoms with Gasteiger partial charge < -0.3 is 15.4 Å². The number of benzene rings is 2. The number of nitrogens with zero attached hydrogens (tertiary/aromatic N) is 2. The van der Waals surface area contributed by atoms with Gasteiger partial charge in [0, 0.05) is 10.7 Å². The van der Waals surface area contributed by atoms with Crippen LogP contribution < -0.4 is 15.4 Å². The third-order valence-corrected chi connectivity index (χ3v) is 4.46. The Morgan fingerprint density at radius 1 is 1.04 bits per heavy atom. The number of hydrogen-bond acceptors (Lipinski definition) is 5. The summed E-state index contributed by atoms with van der Waals surface area (Å²) in [6.07, 6.45) is 2.95. The predicted octanol–water partition coefficient (Wildman–Crippen LogP) is 5.06. The van der Waals surface area contributed by atoms with Crippen LogP contribution in [0.5, 0.6) is 5.75 Å². The van der Waals surface area contributed by atoms with Crippen LogP contribution in [0, 0.1) is 20.8 Å². The van der Waals surface area contributed by atoms with E-state index in [4.69, 9.17) is 16.3 Å². The van der Waals surface area contributed by atoms with Crippen molar-refractivity contribution < 1.29 is 9.53 Å². The van der Waals surface area contributed by atoms with E-state index in [9.17, 15) is 4.79 Å². The maximum atomic E-state index is 12.5. The Kier molecular flexibility index (Phi) is 5.80. The van der Waals surface area contributed by atoms with Gasteiger partial charge in [0.1, 0.15) is 17.3 Å². The Bertz CT molecular complexity index is 996. The van der Waals surface area contributed by atoms with Crippen LogP contribution in [0.2, 0.25) is 5.02 Å². The molecule has 2 N–H and O–H groups in total. The number of aromatic nitrogens is 2. The molecule has 7 heteroatoms. The summed E-state index contributed by atoms with van der Waals surface area (Å²) in [5.41, 5.74) is 5.08. The van der Waals surface area contributed by atoms with Crippen LogP contribution in [-0.2, 0) is 0 Å². The van der Waals surface area contributed by atoms with E-state index in [0.29, 0.717) is 22.3 Å². The third-order valence-electron chi connectivity index (χ3n) is 4.22. The Hall–Kier alpha value is -3.12. The minimum absolute atomic E-state index is 0.185. The van der Waals surface area contributed by atoms with Crippen LogP contribution in [0.3, 0.4) is 0 Å². The summed E-state index contributed by atoms with van der Waals surface area (Å²) < 4.78 is 5.23. The first kappa shape index (κ1) is 19.6. The molecular weight excluding hydrogens is 376 g/mol. The second kappa shape index (κ2) is 8.27. The predicted molar refractivity (Wildman–Crippen MR) is 112 cm³/mol. The van der Waals surface area contributed by atoms with E-state index in [0.717, 1.165) is 16.8 Å². The van der Waals surface area contributed by atoms with E-state index in [2.05, 4.69) is 39.7 Å². The Labute approximate surface area is 168 Å². The summed E-state index contributed by atoms with van der Waals surface area (Å²) in [5, 5.41) is 6.50. The van der Waals surface area contributed by atoms with E-state index in [1.165, 1.54) is 25.1 Å². The van der Waals surface area contributed by atoms with Crippen molar-refractivity contribution in [1.82, 2.24) is 9.97 Å². The van der Waals surface area contributed by atoms with Gasteiger partial charge in [-0.25, -0.2) is 9.97 Å². The average molecular weight is 397 g/mol. The minimum atomic E-state index is -0.401. The lowest BCUT2D eigenvalue weighted by Crippen LogP contribution is -2.15. The van der Waals surface area contributed by atoms with Crippen LogP contribution in [-0.4, -0.2) is 23.0 Å². The molecule has 6 nitrogen and oxygen atoms in total. The first-order valence-corrected chi connectivity index (χ1v) is 9.07. The number of aryl methyl sites for hydroxylation is 3. The molecule has 1 aromatic heterocycles. The SMILES string of the molecule is COc1ccc(Cl)cc1NC(=O)c1cnc(Nc2c(C)cc(C)cc2C)cn1. The molecule has 0 atom stereocenters. The lowest BCUT2D eigenvalue weighted by molar-refractivity contribution is 0.102. The van der Waals surface area contributed by atoms with Crippen molar-refractivity contribution in [1.29, 1.82) is 0 Å². The Morgan fingerprint density at radius 3 is 2.36 bits per heavy atom. The van der Waals surface area contributed by atoms with Crippen LogP contribution in [0.4, 0.5) is 17.2 Å². The molecule has 0 bridgehead atoms. The molecule has 0 saturated carbocycles. The van der Waals surface area contributed by atoms with Crippen molar-refractivity contribution >= 4 is 34.7 Å². The molecule has 0 spiro atoms. The van der Waals surface area contributed by atoms with E-state index >= 15 is 0 Å². The van der Waals surface area contributed by atoms with Crippen LogP contribution in [0.1, 0.15) is 27.2 Å². The zero-order valence-corrected chi connectivity index (χ0v) is 16.9. The van der Waals surface area contributed by atoms with Gasteiger partial charge in [-0.2, -0.15) is 0 Å².